The van der Waals surface area contributed by atoms with Gasteiger partial charge in [0.15, 0.2) is 5.60 Å². The molecule has 1 saturated heterocycles. The smallest absolute Gasteiger partial charge is 0.347 e. The van der Waals surface area contributed by atoms with Gasteiger partial charge in [-0.3, -0.25) is 18.8 Å². The van der Waals surface area contributed by atoms with Crippen molar-refractivity contribution in [3.63, 3.8) is 0 Å². The van der Waals surface area contributed by atoms with E-state index in [9.17, 15) is 24.3 Å². The van der Waals surface area contributed by atoms with Crippen molar-refractivity contribution in [3.8, 4) is 11.5 Å². The molecule has 0 saturated carbocycles. The molecule has 1 aliphatic heterocycles. The molecule has 11 nitrogen and oxygen atoms in total. The van der Waals surface area contributed by atoms with Crippen LogP contribution in [0.5, 0.6) is 11.5 Å². The fraction of sp³-hybridized carbons (Fsp3) is 0.455. The summed E-state index contributed by atoms with van der Waals surface area (Å²) in [6.45, 7) is 22.2. The predicted molar refractivity (Wildman–Crippen MR) is 263 cm³/mol. The van der Waals surface area contributed by atoms with E-state index in [-0.39, 0.29) is 34.5 Å². The van der Waals surface area contributed by atoms with Gasteiger partial charge in [0.25, 0.3) is 5.91 Å². The van der Waals surface area contributed by atoms with Crippen LogP contribution in [0.15, 0.2) is 108 Å². The molecule has 0 aliphatic carbocycles. The lowest BCUT2D eigenvalue weighted by Crippen LogP contribution is -2.37. The van der Waals surface area contributed by atoms with Crippen LogP contribution in [0, 0.1) is 0 Å². The van der Waals surface area contributed by atoms with Crippen LogP contribution in [0.3, 0.4) is 0 Å². The Morgan fingerprint density at radius 1 is 0.621 bits per heavy atom. The summed E-state index contributed by atoms with van der Waals surface area (Å²) in [5.74, 6) is 0.288. The maximum absolute atomic E-state index is 13.1. The number of ether oxygens (including phenoxy) is 2. The van der Waals surface area contributed by atoms with E-state index in [2.05, 4.69) is 77.9 Å². The topological polar surface area (TPSA) is 123 Å². The van der Waals surface area contributed by atoms with Crippen LogP contribution in [0.2, 0.25) is 0 Å². The number of hydrogen-bond donors (Lipinski definition) is 1. The number of imide groups is 1. The van der Waals surface area contributed by atoms with Gasteiger partial charge in [-0.2, -0.15) is 0 Å². The van der Waals surface area contributed by atoms with Crippen molar-refractivity contribution in [3.05, 3.63) is 153 Å². The van der Waals surface area contributed by atoms with Crippen molar-refractivity contribution in [2.75, 3.05) is 13.7 Å². The van der Waals surface area contributed by atoms with E-state index in [1.165, 1.54) is 35.4 Å². The molecule has 2 heterocycles. The molecule has 0 bridgehead atoms. The molecule has 1 fully saturated rings. The summed E-state index contributed by atoms with van der Waals surface area (Å²) in [5, 5.41) is 9.22. The molecule has 354 valence electrons. The highest BCUT2D eigenvalue weighted by molar-refractivity contribution is 6.04. The average molecular weight is 901 g/mol. The molecule has 0 radical (unpaired) electrons. The standard InChI is InChI=1S/C29H38N2O4.C26H34N2O3/c1-7-31-24(10-8-9-21-13-17-25(18-14-21)35-29(5,6)26(32)33)20-30(27(31)34)19-22-11-15-23(16-12-22)28(2,3)4;1-6-27-23(9-7-8-19-12-16-22(31-5)17-13-19)24(29)28(25(27)30)18-20-10-14-21(15-11-20)26(2,3)4/h11-18,20H,7-10,19H2,1-6H3,(H,32,33);10-17,23H,6-9,18H2,1-5H3. The number of methoxy groups -OCH3 is 1. The molecular formula is C55H72N4O7. The third-order valence-electron chi connectivity index (χ3n) is 12.3. The van der Waals surface area contributed by atoms with Crippen molar-refractivity contribution >= 4 is 17.9 Å². The summed E-state index contributed by atoms with van der Waals surface area (Å²) in [4.78, 5) is 53.3. The summed E-state index contributed by atoms with van der Waals surface area (Å²) < 4.78 is 14.4. The number of aryl methyl sites for hydroxylation is 3. The van der Waals surface area contributed by atoms with E-state index in [0.717, 1.165) is 60.2 Å². The zero-order valence-electron chi connectivity index (χ0n) is 41.1. The van der Waals surface area contributed by atoms with Gasteiger partial charge >= 0.3 is 17.7 Å². The Bertz CT molecular complexity index is 2430. The second-order valence-corrected chi connectivity index (χ2v) is 19.8. The number of nitrogens with zero attached hydrogens (tertiary/aromatic N) is 4. The summed E-state index contributed by atoms with van der Waals surface area (Å²) in [5.41, 5.74) is 6.96. The monoisotopic (exact) mass is 901 g/mol. The first-order valence-corrected chi connectivity index (χ1v) is 23.4. The number of urea groups is 1. The molecule has 1 N–H and O–H groups in total. The molecule has 66 heavy (non-hydrogen) atoms. The molecule has 1 aliphatic rings. The van der Waals surface area contributed by atoms with Crippen LogP contribution in [0.1, 0.15) is 128 Å². The van der Waals surface area contributed by atoms with Gasteiger partial charge < -0.3 is 19.5 Å². The lowest BCUT2D eigenvalue weighted by atomic mass is 9.87. The quantitative estimate of drug-likeness (QED) is 0.0869. The Morgan fingerprint density at radius 2 is 1.11 bits per heavy atom. The van der Waals surface area contributed by atoms with Crippen LogP contribution in [-0.2, 0) is 59.3 Å². The van der Waals surface area contributed by atoms with Crippen LogP contribution in [0.4, 0.5) is 4.79 Å². The SMILES string of the molecule is CCN1C(=O)N(Cc2ccc(C(C)(C)C)cc2)C(=O)C1CCCc1ccc(OC)cc1.CCn1c(CCCc2ccc(OC(C)(C)C(=O)O)cc2)cn(Cc2ccc(C(C)(C)C)cc2)c1=O. The zero-order valence-corrected chi connectivity index (χ0v) is 41.1. The number of hydrogen-bond acceptors (Lipinski definition) is 6. The third-order valence-corrected chi connectivity index (χ3v) is 12.3. The van der Waals surface area contributed by atoms with E-state index >= 15 is 0 Å². The first-order chi connectivity index (χ1) is 31.1. The van der Waals surface area contributed by atoms with E-state index < -0.39 is 11.6 Å². The maximum Gasteiger partial charge on any atom is 0.347 e. The highest BCUT2D eigenvalue weighted by atomic mass is 16.5. The summed E-state index contributed by atoms with van der Waals surface area (Å²) in [6, 6.07) is 31.7. The molecule has 0 spiro atoms. The summed E-state index contributed by atoms with van der Waals surface area (Å²) in [7, 11) is 1.65. The van der Waals surface area contributed by atoms with Crippen LogP contribution >= 0.6 is 0 Å². The Labute approximate surface area is 392 Å². The molecule has 1 unspecified atom stereocenters. The van der Waals surface area contributed by atoms with Gasteiger partial charge in [-0.05, 0) is 135 Å². The number of carboxylic acid groups (broad SMARTS) is 1. The first-order valence-electron chi connectivity index (χ1n) is 23.4. The van der Waals surface area contributed by atoms with Gasteiger partial charge in [0.1, 0.15) is 17.5 Å². The molecular weight excluding hydrogens is 829 g/mol. The van der Waals surface area contributed by atoms with Crippen LogP contribution in [0.25, 0.3) is 0 Å². The summed E-state index contributed by atoms with van der Waals surface area (Å²) >= 11 is 0. The maximum atomic E-state index is 13.1. The highest BCUT2D eigenvalue weighted by Crippen LogP contribution is 2.27. The van der Waals surface area contributed by atoms with E-state index in [0.29, 0.717) is 38.3 Å². The number of carbonyl (C=O) groups is 3. The van der Waals surface area contributed by atoms with Gasteiger partial charge in [0, 0.05) is 25.0 Å². The Balaban J connectivity index is 0.000000249. The highest BCUT2D eigenvalue weighted by Gasteiger charge is 2.43. The molecule has 1 atom stereocenters. The third kappa shape index (κ3) is 13.3. The van der Waals surface area contributed by atoms with Gasteiger partial charge in [-0.1, -0.05) is 114 Å². The number of carboxylic acids is 1. The van der Waals surface area contributed by atoms with Gasteiger partial charge in [-0.25, -0.2) is 14.4 Å². The van der Waals surface area contributed by atoms with Crippen molar-refractivity contribution in [1.29, 1.82) is 0 Å². The lowest BCUT2D eigenvalue weighted by molar-refractivity contribution is -0.152. The molecule has 11 heteroatoms. The van der Waals surface area contributed by atoms with Gasteiger partial charge in [0.2, 0.25) is 0 Å². The van der Waals surface area contributed by atoms with Gasteiger partial charge in [-0.15, -0.1) is 0 Å². The van der Waals surface area contributed by atoms with Gasteiger partial charge in [0.05, 0.1) is 20.2 Å². The van der Waals surface area contributed by atoms with Crippen LogP contribution < -0.4 is 15.2 Å². The minimum absolute atomic E-state index is 0.0324. The fourth-order valence-electron chi connectivity index (χ4n) is 8.14. The Morgan fingerprint density at radius 3 is 1.58 bits per heavy atom. The van der Waals surface area contributed by atoms with Crippen LogP contribution in [-0.4, -0.2) is 67.2 Å². The lowest BCUT2D eigenvalue weighted by Gasteiger charge is -2.21. The first kappa shape index (κ1) is 50.9. The molecule has 5 aromatic rings. The number of rotatable bonds is 18. The van der Waals surface area contributed by atoms with E-state index in [1.807, 2.05) is 85.3 Å². The minimum atomic E-state index is -1.27. The number of carbonyl (C=O) groups excluding carboxylic acids is 2. The molecule has 1 aromatic heterocycles. The number of imidazole rings is 1. The molecule has 4 aromatic carbocycles. The van der Waals surface area contributed by atoms with Crippen molar-refractivity contribution in [2.45, 2.75) is 150 Å². The Hall–Kier alpha value is -6.10. The second kappa shape index (κ2) is 21.9. The van der Waals surface area contributed by atoms with E-state index in [1.54, 1.807) is 16.6 Å². The van der Waals surface area contributed by atoms with Crippen molar-refractivity contribution in [2.24, 2.45) is 0 Å². The second-order valence-electron chi connectivity index (χ2n) is 19.8. The van der Waals surface area contributed by atoms with Crippen molar-refractivity contribution < 1.29 is 29.0 Å². The number of aliphatic carboxylic acids is 1. The predicted octanol–water partition coefficient (Wildman–Crippen LogP) is 10.6. The number of benzene rings is 4. The minimum Gasteiger partial charge on any atom is -0.497 e. The number of likely N-dealkylation sites (N-methyl/N-ethyl adjacent to an activating group) is 1. The normalized spacial score (nSPS) is 14.3. The number of aromatic nitrogens is 2. The average Bonchev–Trinajstić information content (AvgIpc) is 3.69. The zero-order chi connectivity index (χ0) is 48.4. The molecule has 3 amide bonds. The Kier molecular flexibility index (Phi) is 16.9. The number of amides is 3. The molecule has 6 rings (SSSR count). The fourth-order valence-corrected chi connectivity index (χ4v) is 8.14. The van der Waals surface area contributed by atoms with E-state index in [4.69, 9.17) is 9.47 Å². The summed E-state index contributed by atoms with van der Waals surface area (Å²) in [6.07, 6.45) is 6.96. The largest absolute Gasteiger partial charge is 0.497 e. The van der Waals surface area contributed by atoms with Crippen molar-refractivity contribution in [1.82, 2.24) is 18.9 Å².